The summed E-state index contributed by atoms with van der Waals surface area (Å²) in [7, 11) is 1.58. The molecule has 1 unspecified atom stereocenters. The Labute approximate surface area is 145 Å². The monoisotopic (exact) mass is 341 g/mol. The zero-order valence-electron chi connectivity index (χ0n) is 13.8. The van der Waals surface area contributed by atoms with E-state index in [1.54, 1.807) is 48.5 Å². The van der Waals surface area contributed by atoms with Gasteiger partial charge in [0.25, 0.3) is 5.91 Å². The fraction of sp³-hybridized carbons (Fsp3) is 0.222. The van der Waals surface area contributed by atoms with Crippen LogP contribution in [-0.2, 0) is 4.79 Å². The minimum atomic E-state index is -0.230. The molecule has 0 aliphatic rings. The van der Waals surface area contributed by atoms with Gasteiger partial charge < -0.3 is 19.2 Å². The second-order valence-corrected chi connectivity index (χ2v) is 5.29. The molecule has 0 bridgehead atoms. The lowest BCUT2D eigenvalue weighted by Crippen LogP contribution is -2.34. The number of hydrogen-bond acceptors (Lipinski definition) is 5. The lowest BCUT2D eigenvalue weighted by molar-refractivity contribution is -0.123. The second-order valence-electron chi connectivity index (χ2n) is 5.29. The first kappa shape index (κ1) is 16.6. The van der Waals surface area contributed by atoms with Crippen LogP contribution in [0, 0.1) is 0 Å². The molecule has 7 nitrogen and oxygen atoms in total. The molecule has 0 spiro atoms. The fourth-order valence-corrected chi connectivity index (χ4v) is 2.37. The van der Waals surface area contributed by atoms with E-state index in [0.29, 0.717) is 18.0 Å². The van der Waals surface area contributed by atoms with Crippen LogP contribution in [0.1, 0.15) is 11.8 Å². The van der Waals surface area contributed by atoms with Gasteiger partial charge in [0.05, 0.1) is 13.4 Å². The molecule has 7 heteroatoms. The van der Waals surface area contributed by atoms with Crippen molar-refractivity contribution in [2.24, 2.45) is 0 Å². The number of methoxy groups -OCH3 is 1. The van der Waals surface area contributed by atoms with Crippen LogP contribution in [-0.4, -0.2) is 35.9 Å². The van der Waals surface area contributed by atoms with E-state index in [0.717, 1.165) is 5.76 Å². The lowest BCUT2D eigenvalue weighted by Gasteiger charge is -2.16. The topological polar surface area (TPSA) is 78.5 Å². The molecule has 1 N–H and O–H groups in total. The number of furan rings is 1. The van der Waals surface area contributed by atoms with Gasteiger partial charge in [-0.3, -0.25) is 9.48 Å². The van der Waals surface area contributed by atoms with Crippen molar-refractivity contribution in [1.29, 1.82) is 0 Å². The highest BCUT2D eigenvalue weighted by atomic mass is 16.5. The van der Waals surface area contributed by atoms with Crippen molar-refractivity contribution >= 4 is 5.91 Å². The average molecular weight is 341 g/mol. The predicted molar refractivity (Wildman–Crippen MR) is 90.6 cm³/mol. The first-order valence-corrected chi connectivity index (χ1v) is 7.82. The number of aromatic nitrogens is 2. The van der Waals surface area contributed by atoms with Gasteiger partial charge in [0.15, 0.2) is 6.61 Å². The van der Waals surface area contributed by atoms with Crippen LogP contribution in [0.25, 0.3) is 0 Å². The maximum atomic E-state index is 12.1. The van der Waals surface area contributed by atoms with Gasteiger partial charge in [-0.05, 0) is 30.3 Å². The standard InChI is InChI=1S/C18H19N3O4/c1-23-14-5-2-6-15(11-14)25-13-18(22)19-12-16(17-7-3-10-24-17)21-9-4-8-20-21/h2-11,16H,12-13H2,1H3,(H,19,22). The molecule has 130 valence electrons. The molecule has 0 saturated carbocycles. The number of rotatable bonds is 8. The van der Waals surface area contributed by atoms with Gasteiger partial charge in [-0.15, -0.1) is 0 Å². The van der Waals surface area contributed by atoms with E-state index in [-0.39, 0.29) is 18.6 Å². The molecule has 0 saturated heterocycles. The summed E-state index contributed by atoms with van der Waals surface area (Å²) in [4.78, 5) is 12.1. The van der Waals surface area contributed by atoms with Crippen molar-refractivity contribution in [1.82, 2.24) is 15.1 Å². The number of hydrogen-bond donors (Lipinski definition) is 1. The van der Waals surface area contributed by atoms with Crippen LogP contribution < -0.4 is 14.8 Å². The van der Waals surface area contributed by atoms with Crippen LogP contribution in [0.5, 0.6) is 11.5 Å². The number of amides is 1. The Hall–Kier alpha value is -3.22. The summed E-state index contributed by atoms with van der Waals surface area (Å²) in [6, 6.07) is 12.4. The zero-order chi connectivity index (χ0) is 17.5. The Bertz CT molecular complexity index is 750. The summed E-state index contributed by atoms with van der Waals surface area (Å²) >= 11 is 0. The van der Waals surface area contributed by atoms with Gasteiger partial charge in [0.1, 0.15) is 23.3 Å². The molecule has 1 atom stereocenters. The molecule has 0 fully saturated rings. The number of carbonyl (C=O) groups is 1. The Morgan fingerprint density at radius 3 is 2.88 bits per heavy atom. The smallest absolute Gasteiger partial charge is 0.258 e. The lowest BCUT2D eigenvalue weighted by atomic mass is 10.2. The van der Waals surface area contributed by atoms with Gasteiger partial charge in [0, 0.05) is 25.0 Å². The van der Waals surface area contributed by atoms with Crippen molar-refractivity contribution in [3.63, 3.8) is 0 Å². The zero-order valence-corrected chi connectivity index (χ0v) is 13.8. The van der Waals surface area contributed by atoms with Crippen molar-refractivity contribution in [2.75, 3.05) is 20.3 Å². The van der Waals surface area contributed by atoms with Crippen LogP contribution in [0.3, 0.4) is 0 Å². The Balaban J connectivity index is 1.55. The van der Waals surface area contributed by atoms with Crippen LogP contribution in [0.15, 0.2) is 65.5 Å². The molecular weight excluding hydrogens is 322 g/mol. The van der Waals surface area contributed by atoms with E-state index in [1.807, 2.05) is 24.4 Å². The number of ether oxygens (including phenoxy) is 2. The van der Waals surface area contributed by atoms with Gasteiger partial charge in [-0.2, -0.15) is 5.10 Å². The maximum absolute atomic E-state index is 12.1. The highest BCUT2D eigenvalue weighted by Gasteiger charge is 2.18. The average Bonchev–Trinajstić information content (AvgIpc) is 3.35. The van der Waals surface area contributed by atoms with Crippen LogP contribution in [0.2, 0.25) is 0 Å². The third kappa shape index (κ3) is 4.41. The summed E-state index contributed by atoms with van der Waals surface area (Å²) in [6.45, 7) is 0.257. The summed E-state index contributed by atoms with van der Waals surface area (Å²) in [5.41, 5.74) is 0. The first-order valence-electron chi connectivity index (χ1n) is 7.82. The third-order valence-electron chi connectivity index (χ3n) is 3.62. The van der Waals surface area contributed by atoms with Gasteiger partial charge in [-0.25, -0.2) is 0 Å². The summed E-state index contributed by atoms with van der Waals surface area (Å²) in [5.74, 6) is 1.74. The summed E-state index contributed by atoms with van der Waals surface area (Å²) in [6.07, 6.45) is 5.11. The molecule has 3 aromatic rings. The van der Waals surface area contributed by atoms with Crippen molar-refractivity contribution in [2.45, 2.75) is 6.04 Å². The molecule has 0 aliphatic carbocycles. The molecule has 0 radical (unpaired) electrons. The second kappa shape index (κ2) is 8.05. The van der Waals surface area contributed by atoms with Gasteiger partial charge in [-0.1, -0.05) is 6.07 Å². The molecular formula is C18H19N3O4. The molecule has 2 aromatic heterocycles. The Kier molecular flexibility index (Phi) is 5.36. The maximum Gasteiger partial charge on any atom is 0.258 e. The minimum Gasteiger partial charge on any atom is -0.497 e. The SMILES string of the molecule is COc1cccc(OCC(=O)NCC(c2ccco2)n2cccn2)c1. The van der Waals surface area contributed by atoms with Gasteiger partial charge >= 0.3 is 0 Å². The first-order chi connectivity index (χ1) is 12.3. The summed E-state index contributed by atoms with van der Waals surface area (Å²) in [5, 5.41) is 7.07. The molecule has 2 heterocycles. The van der Waals surface area contributed by atoms with E-state index in [4.69, 9.17) is 13.9 Å². The highest BCUT2D eigenvalue weighted by Crippen LogP contribution is 2.19. The third-order valence-corrected chi connectivity index (χ3v) is 3.62. The van der Waals surface area contributed by atoms with E-state index < -0.39 is 0 Å². The molecule has 1 amide bonds. The molecule has 25 heavy (non-hydrogen) atoms. The quantitative estimate of drug-likeness (QED) is 0.680. The minimum absolute atomic E-state index is 0.0862. The Morgan fingerprint density at radius 1 is 1.28 bits per heavy atom. The number of benzene rings is 1. The van der Waals surface area contributed by atoms with Crippen LogP contribution in [0.4, 0.5) is 0 Å². The molecule has 3 rings (SSSR count). The molecule has 1 aromatic carbocycles. The number of nitrogens with zero attached hydrogens (tertiary/aromatic N) is 2. The van der Waals surface area contributed by atoms with Crippen molar-refractivity contribution < 1.29 is 18.7 Å². The van der Waals surface area contributed by atoms with E-state index in [9.17, 15) is 4.79 Å². The normalized spacial score (nSPS) is 11.7. The van der Waals surface area contributed by atoms with E-state index in [1.165, 1.54) is 0 Å². The van der Waals surface area contributed by atoms with E-state index in [2.05, 4.69) is 10.4 Å². The Morgan fingerprint density at radius 2 is 2.16 bits per heavy atom. The number of carbonyl (C=O) groups excluding carboxylic acids is 1. The van der Waals surface area contributed by atoms with E-state index >= 15 is 0 Å². The van der Waals surface area contributed by atoms with Crippen molar-refractivity contribution in [3.8, 4) is 11.5 Å². The fourth-order valence-electron chi connectivity index (χ4n) is 2.37. The van der Waals surface area contributed by atoms with Crippen LogP contribution >= 0.6 is 0 Å². The highest BCUT2D eigenvalue weighted by molar-refractivity contribution is 5.77. The summed E-state index contributed by atoms with van der Waals surface area (Å²) < 4.78 is 17.8. The number of nitrogens with one attached hydrogen (secondary N) is 1. The predicted octanol–water partition coefficient (Wildman–Crippen LogP) is 2.27. The van der Waals surface area contributed by atoms with Crippen molar-refractivity contribution in [3.05, 3.63) is 66.9 Å². The molecule has 0 aliphatic heterocycles. The van der Waals surface area contributed by atoms with Gasteiger partial charge in [0.2, 0.25) is 0 Å². The largest absolute Gasteiger partial charge is 0.497 e.